The highest BCUT2D eigenvalue weighted by atomic mass is 16.4. The molecule has 0 aliphatic heterocycles. The predicted molar refractivity (Wildman–Crippen MR) is 172 cm³/mol. The van der Waals surface area contributed by atoms with Gasteiger partial charge in [-0.25, -0.2) is 9.59 Å². The van der Waals surface area contributed by atoms with Gasteiger partial charge in [-0.3, -0.25) is 15.4 Å². The van der Waals surface area contributed by atoms with Gasteiger partial charge in [-0.15, -0.1) is 0 Å². The van der Waals surface area contributed by atoms with Gasteiger partial charge in [0.25, 0.3) is 0 Å². The van der Waals surface area contributed by atoms with Crippen LogP contribution in [0.25, 0.3) is 0 Å². The van der Waals surface area contributed by atoms with Gasteiger partial charge in [0.1, 0.15) is 6.29 Å². The minimum atomic E-state index is -1.34. The van der Waals surface area contributed by atoms with Gasteiger partial charge in [0.2, 0.25) is 5.91 Å². The molecule has 44 heavy (non-hydrogen) atoms. The first-order chi connectivity index (χ1) is 21.4. The monoisotopic (exact) mass is 610 g/mol. The lowest BCUT2D eigenvalue weighted by Crippen LogP contribution is -2.50. The third-order valence-corrected chi connectivity index (χ3v) is 7.57. The molecule has 0 aliphatic carbocycles. The summed E-state index contributed by atoms with van der Waals surface area (Å²) in [5.74, 6) is -0.528. The van der Waals surface area contributed by atoms with Gasteiger partial charge in [0.05, 0.1) is 18.2 Å². The number of hydrogen-bond acceptors (Lipinski definition) is 6. The number of benzene rings is 2. The van der Waals surface area contributed by atoms with E-state index in [0.717, 1.165) is 62.4 Å². The van der Waals surface area contributed by atoms with Gasteiger partial charge in [0, 0.05) is 0 Å². The molecule has 2 aromatic carbocycles. The minimum absolute atomic E-state index is 0.437. The molecule has 3 amide bonds. The highest BCUT2D eigenvalue weighted by Gasteiger charge is 2.20. The maximum atomic E-state index is 12.3. The van der Waals surface area contributed by atoms with Crippen molar-refractivity contribution in [1.29, 1.82) is 0 Å². The first-order valence-electron chi connectivity index (χ1n) is 15.9. The summed E-state index contributed by atoms with van der Waals surface area (Å²) in [6, 6.07) is 18.2. The van der Waals surface area contributed by atoms with E-state index in [0.29, 0.717) is 25.8 Å². The zero-order chi connectivity index (χ0) is 31.8. The van der Waals surface area contributed by atoms with E-state index in [1.165, 1.54) is 25.7 Å². The second-order valence-corrected chi connectivity index (χ2v) is 11.3. The Bertz CT molecular complexity index is 1090. The molecule has 3 unspecified atom stereocenters. The van der Waals surface area contributed by atoms with Crippen LogP contribution >= 0.6 is 0 Å². The van der Waals surface area contributed by atoms with Crippen LogP contribution in [-0.4, -0.2) is 59.4 Å². The van der Waals surface area contributed by atoms with E-state index in [1.54, 1.807) is 0 Å². The van der Waals surface area contributed by atoms with E-state index in [4.69, 9.17) is 5.11 Å². The second-order valence-electron chi connectivity index (χ2n) is 11.3. The van der Waals surface area contributed by atoms with Gasteiger partial charge in [-0.2, -0.15) is 0 Å². The fourth-order valence-electron chi connectivity index (χ4n) is 5.26. The fraction of sp³-hybridized carbons (Fsp3) is 0.529. The van der Waals surface area contributed by atoms with Crippen molar-refractivity contribution in [3.05, 3.63) is 71.8 Å². The van der Waals surface area contributed by atoms with Crippen LogP contribution in [0.15, 0.2) is 60.7 Å². The van der Waals surface area contributed by atoms with E-state index in [9.17, 15) is 24.3 Å². The number of aldehydes is 1. The molecule has 0 fully saturated rings. The quantitative estimate of drug-likeness (QED) is 0.0505. The van der Waals surface area contributed by atoms with Crippen molar-refractivity contribution < 1.29 is 29.4 Å². The molecule has 10 nitrogen and oxygen atoms in total. The standard InChI is InChI=1S/C34H50N4O6/c39-26-29(24-27-18-12-10-13-19-27)36-31(37-33(41)42)22-16-8-6-4-2-1-3-5-7-9-17-23-35-30(32(40)38-34(43)44)25-28-20-14-11-15-21-28/h10-15,18-21,26,29-31,35-37H,1-9,16-17,22-25H2,(H,38,40)(H,41,42)(H,43,44). The molecule has 3 atom stereocenters. The summed E-state index contributed by atoms with van der Waals surface area (Å²) < 4.78 is 0. The maximum Gasteiger partial charge on any atom is 0.411 e. The van der Waals surface area contributed by atoms with Crippen LogP contribution in [0.1, 0.15) is 88.2 Å². The normalized spacial score (nSPS) is 13.0. The van der Waals surface area contributed by atoms with Crippen molar-refractivity contribution in [2.24, 2.45) is 0 Å². The first kappa shape index (κ1) is 36.4. The summed E-state index contributed by atoms with van der Waals surface area (Å²) in [5.41, 5.74) is 2.00. The molecule has 0 saturated heterocycles. The zero-order valence-electron chi connectivity index (χ0n) is 25.7. The average molecular weight is 611 g/mol. The van der Waals surface area contributed by atoms with Crippen LogP contribution in [0.3, 0.4) is 0 Å². The van der Waals surface area contributed by atoms with Crippen LogP contribution < -0.4 is 21.3 Å². The Balaban J connectivity index is 1.50. The number of nitrogens with one attached hydrogen (secondary N) is 4. The summed E-state index contributed by atoms with van der Waals surface area (Å²) in [4.78, 5) is 46.0. The molecule has 0 aliphatic rings. The summed E-state index contributed by atoms with van der Waals surface area (Å²) in [6.07, 6.45) is 11.5. The van der Waals surface area contributed by atoms with Crippen molar-refractivity contribution >= 4 is 24.4 Å². The van der Waals surface area contributed by atoms with E-state index in [2.05, 4.69) is 16.0 Å². The average Bonchev–Trinajstić information content (AvgIpc) is 3.00. The number of carbonyl (C=O) groups excluding carboxylic acids is 2. The number of unbranched alkanes of at least 4 members (excludes halogenated alkanes) is 10. The lowest BCUT2D eigenvalue weighted by molar-refractivity contribution is -0.122. The van der Waals surface area contributed by atoms with Gasteiger partial charge in [-0.1, -0.05) is 125 Å². The molecule has 0 heterocycles. The molecule has 242 valence electrons. The summed E-state index contributed by atoms with van der Waals surface area (Å²) in [7, 11) is 0. The Kier molecular flexibility index (Phi) is 18.8. The molecule has 10 heteroatoms. The van der Waals surface area contributed by atoms with Gasteiger partial charge in [-0.05, 0) is 43.4 Å². The number of amides is 3. The lowest BCUT2D eigenvalue weighted by Gasteiger charge is -2.22. The molecule has 6 N–H and O–H groups in total. The largest absolute Gasteiger partial charge is 0.465 e. The third-order valence-electron chi connectivity index (χ3n) is 7.57. The molecule has 0 radical (unpaired) electrons. The Morgan fingerprint density at radius 3 is 1.66 bits per heavy atom. The van der Waals surface area contributed by atoms with E-state index in [-0.39, 0.29) is 0 Å². The first-order valence-corrected chi connectivity index (χ1v) is 15.9. The molecule has 0 spiro atoms. The Labute approximate surface area is 261 Å². The predicted octanol–water partition coefficient (Wildman–Crippen LogP) is 5.66. The van der Waals surface area contributed by atoms with Crippen molar-refractivity contribution in [2.75, 3.05) is 6.54 Å². The summed E-state index contributed by atoms with van der Waals surface area (Å²) in [6.45, 7) is 0.658. The number of hydrogen-bond donors (Lipinski definition) is 6. The molecule has 0 bridgehead atoms. The number of carbonyl (C=O) groups is 4. The molecular weight excluding hydrogens is 560 g/mol. The van der Waals surface area contributed by atoms with Crippen LogP contribution in [-0.2, 0) is 22.4 Å². The van der Waals surface area contributed by atoms with Gasteiger partial charge < -0.3 is 25.6 Å². The van der Waals surface area contributed by atoms with Gasteiger partial charge >= 0.3 is 12.2 Å². The summed E-state index contributed by atoms with van der Waals surface area (Å²) >= 11 is 0. The highest BCUT2D eigenvalue weighted by Crippen LogP contribution is 2.13. The highest BCUT2D eigenvalue weighted by molar-refractivity contribution is 5.94. The Hall–Kier alpha value is -3.76. The topological polar surface area (TPSA) is 157 Å². The van der Waals surface area contributed by atoms with Crippen molar-refractivity contribution in [2.45, 2.75) is 108 Å². The molecule has 2 rings (SSSR count). The van der Waals surface area contributed by atoms with Crippen LogP contribution in [0.2, 0.25) is 0 Å². The van der Waals surface area contributed by atoms with Gasteiger partial charge in [0.15, 0.2) is 0 Å². The second kappa shape index (κ2) is 22.7. The number of imide groups is 1. The van der Waals surface area contributed by atoms with Crippen LogP contribution in [0.4, 0.5) is 9.59 Å². The zero-order valence-corrected chi connectivity index (χ0v) is 25.7. The third kappa shape index (κ3) is 17.4. The smallest absolute Gasteiger partial charge is 0.411 e. The van der Waals surface area contributed by atoms with E-state index < -0.39 is 36.3 Å². The Morgan fingerprint density at radius 2 is 1.16 bits per heavy atom. The van der Waals surface area contributed by atoms with Crippen molar-refractivity contribution in [3.8, 4) is 0 Å². The molecular formula is C34H50N4O6. The lowest BCUT2D eigenvalue weighted by atomic mass is 10.0. The molecule has 0 aromatic heterocycles. The molecule has 0 saturated carbocycles. The number of carboxylic acid groups (broad SMARTS) is 2. The van der Waals surface area contributed by atoms with E-state index >= 15 is 0 Å². The molecule has 2 aromatic rings. The van der Waals surface area contributed by atoms with Crippen LogP contribution in [0, 0.1) is 0 Å². The SMILES string of the molecule is O=CC(Cc1ccccc1)NC(CCCCCCCCCCCCCNC(Cc1ccccc1)C(=O)NC(=O)O)NC(=O)O. The minimum Gasteiger partial charge on any atom is -0.465 e. The fourth-order valence-corrected chi connectivity index (χ4v) is 5.26. The number of rotatable bonds is 24. The maximum absolute atomic E-state index is 12.3. The van der Waals surface area contributed by atoms with Crippen molar-refractivity contribution in [3.63, 3.8) is 0 Å². The van der Waals surface area contributed by atoms with Crippen LogP contribution in [0.5, 0.6) is 0 Å². The Morgan fingerprint density at radius 1 is 0.659 bits per heavy atom. The van der Waals surface area contributed by atoms with Crippen molar-refractivity contribution in [1.82, 2.24) is 21.3 Å². The summed E-state index contributed by atoms with van der Waals surface area (Å²) in [5, 5.41) is 29.0. The van der Waals surface area contributed by atoms with E-state index in [1.807, 2.05) is 66.0 Å².